The van der Waals surface area contributed by atoms with Crippen molar-refractivity contribution < 1.29 is 36.3 Å². The number of sulfonamides is 1. The van der Waals surface area contributed by atoms with Crippen LogP contribution in [0.2, 0.25) is 0 Å². The van der Waals surface area contributed by atoms with Gasteiger partial charge in [0.25, 0.3) is 15.9 Å². The van der Waals surface area contributed by atoms with E-state index in [0.29, 0.717) is 25.1 Å². The van der Waals surface area contributed by atoms with Crippen molar-refractivity contribution in [3.8, 4) is 5.75 Å². The van der Waals surface area contributed by atoms with Crippen LogP contribution in [-0.2, 0) is 30.9 Å². The summed E-state index contributed by atoms with van der Waals surface area (Å²) >= 11 is 0. The molecule has 3 rings (SSSR count). The monoisotopic (exact) mass is 575 g/mol. The molecule has 0 bridgehead atoms. The van der Waals surface area contributed by atoms with Gasteiger partial charge >= 0.3 is 0 Å². The van der Waals surface area contributed by atoms with E-state index in [2.05, 4.69) is 10.0 Å². The van der Waals surface area contributed by atoms with Gasteiger partial charge in [0, 0.05) is 32.5 Å². The maximum Gasteiger partial charge on any atom is 0.261 e. The molecule has 0 saturated heterocycles. The number of benzene rings is 3. The zero-order valence-electron chi connectivity index (χ0n) is 22.1. The number of methoxy groups -OCH3 is 1. The van der Waals surface area contributed by atoms with E-state index in [9.17, 15) is 26.8 Å². The third-order valence-corrected chi connectivity index (χ3v) is 7.25. The Morgan fingerprint density at radius 2 is 1.52 bits per heavy atom. The summed E-state index contributed by atoms with van der Waals surface area (Å²) < 4.78 is 64.6. The number of anilines is 1. The highest BCUT2D eigenvalue weighted by atomic mass is 32.2. The number of carbonyl (C=O) groups excluding carboxylic acids is 2. The number of amides is 2. The van der Waals surface area contributed by atoms with Gasteiger partial charge in [-0.1, -0.05) is 12.1 Å². The highest BCUT2D eigenvalue weighted by molar-refractivity contribution is 7.92. The predicted molar refractivity (Wildman–Crippen MR) is 145 cm³/mol. The van der Waals surface area contributed by atoms with Crippen LogP contribution in [0.15, 0.2) is 77.7 Å². The Bertz CT molecular complexity index is 1370. The number of hydrogen-bond acceptors (Lipinski definition) is 6. The second-order valence-corrected chi connectivity index (χ2v) is 10.5. The van der Waals surface area contributed by atoms with Crippen molar-refractivity contribution in [2.45, 2.75) is 30.8 Å². The molecule has 0 aliphatic heterocycles. The van der Waals surface area contributed by atoms with E-state index in [0.717, 1.165) is 12.1 Å². The van der Waals surface area contributed by atoms with E-state index in [1.165, 1.54) is 65.6 Å². The van der Waals surface area contributed by atoms with Gasteiger partial charge in [-0.25, -0.2) is 17.2 Å². The largest absolute Gasteiger partial charge is 0.484 e. The molecule has 2 amide bonds. The van der Waals surface area contributed by atoms with Crippen LogP contribution in [0.1, 0.15) is 18.9 Å². The van der Waals surface area contributed by atoms with Gasteiger partial charge in [0.15, 0.2) is 6.61 Å². The lowest BCUT2D eigenvalue weighted by Crippen LogP contribution is -2.49. The summed E-state index contributed by atoms with van der Waals surface area (Å²) in [4.78, 5) is 27.1. The van der Waals surface area contributed by atoms with Crippen LogP contribution >= 0.6 is 0 Å². The van der Waals surface area contributed by atoms with Crippen molar-refractivity contribution in [2.75, 3.05) is 31.6 Å². The standard InChI is InChI=1S/C28H31F2N3O6S/c1-20(28(35)31-16-3-17-38-2)33(18-21-4-6-22(29)7-5-21)27(34)19-39-25-12-14-26(15-13-25)40(36,37)32-24-10-8-23(30)9-11-24/h4-15,20,32H,3,16-19H2,1-2H3,(H,31,35). The quantitative estimate of drug-likeness (QED) is 0.284. The van der Waals surface area contributed by atoms with Crippen LogP contribution in [-0.4, -0.2) is 58.0 Å². The molecule has 0 aliphatic carbocycles. The molecular weight excluding hydrogens is 544 g/mol. The summed E-state index contributed by atoms with van der Waals surface area (Å²) in [5.41, 5.74) is 0.822. The number of nitrogens with one attached hydrogen (secondary N) is 2. The second kappa shape index (κ2) is 14.4. The number of ether oxygens (including phenoxy) is 2. The van der Waals surface area contributed by atoms with Gasteiger partial charge in [-0.05, 0) is 79.6 Å². The van der Waals surface area contributed by atoms with Crippen LogP contribution in [0.4, 0.5) is 14.5 Å². The van der Waals surface area contributed by atoms with Gasteiger partial charge in [0.1, 0.15) is 23.4 Å². The lowest BCUT2D eigenvalue weighted by Gasteiger charge is -2.28. The first-order valence-electron chi connectivity index (χ1n) is 12.4. The highest BCUT2D eigenvalue weighted by Crippen LogP contribution is 2.20. The number of rotatable bonds is 14. The Hall–Kier alpha value is -4.03. The van der Waals surface area contributed by atoms with Gasteiger partial charge in [0.2, 0.25) is 5.91 Å². The molecule has 0 radical (unpaired) electrons. The molecule has 40 heavy (non-hydrogen) atoms. The molecule has 3 aromatic carbocycles. The van der Waals surface area contributed by atoms with E-state index in [4.69, 9.17) is 9.47 Å². The molecule has 12 heteroatoms. The van der Waals surface area contributed by atoms with Gasteiger partial charge in [-0.2, -0.15) is 0 Å². The molecule has 0 heterocycles. The smallest absolute Gasteiger partial charge is 0.261 e. The molecule has 1 atom stereocenters. The van der Waals surface area contributed by atoms with Crippen molar-refractivity contribution in [3.05, 3.63) is 90.0 Å². The molecular formula is C28H31F2N3O6S. The zero-order valence-corrected chi connectivity index (χ0v) is 22.9. The van der Waals surface area contributed by atoms with E-state index >= 15 is 0 Å². The van der Waals surface area contributed by atoms with E-state index in [1.54, 1.807) is 14.0 Å². The Kier molecular flexibility index (Phi) is 11.0. The fourth-order valence-corrected chi connectivity index (χ4v) is 4.68. The van der Waals surface area contributed by atoms with Crippen LogP contribution in [0.3, 0.4) is 0 Å². The normalized spacial score (nSPS) is 11.9. The van der Waals surface area contributed by atoms with E-state index in [1.807, 2.05) is 0 Å². The maximum absolute atomic E-state index is 13.4. The molecule has 2 N–H and O–H groups in total. The van der Waals surface area contributed by atoms with E-state index < -0.39 is 40.2 Å². The molecule has 0 fully saturated rings. The SMILES string of the molecule is COCCCNC(=O)C(C)N(Cc1ccc(F)cc1)C(=O)COc1ccc(S(=O)(=O)Nc2ccc(F)cc2)cc1. The number of hydrogen-bond donors (Lipinski definition) is 2. The number of carbonyl (C=O) groups is 2. The highest BCUT2D eigenvalue weighted by Gasteiger charge is 2.26. The molecule has 1 unspecified atom stereocenters. The summed E-state index contributed by atoms with van der Waals surface area (Å²) in [6.07, 6.45) is 0.606. The van der Waals surface area contributed by atoms with Gasteiger partial charge < -0.3 is 19.7 Å². The van der Waals surface area contributed by atoms with Crippen LogP contribution in [0.25, 0.3) is 0 Å². The topological polar surface area (TPSA) is 114 Å². The Morgan fingerprint density at radius 1 is 0.925 bits per heavy atom. The third kappa shape index (κ3) is 9.02. The van der Waals surface area contributed by atoms with Crippen molar-refractivity contribution in [3.63, 3.8) is 0 Å². The average molecular weight is 576 g/mol. The minimum atomic E-state index is -3.94. The molecule has 0 aromatic heterocycles. The molecule has 0 saturated carbocycles. The van der Waals surface area contributed by atoms with Crippen molar-refractivity contribution in [1.29, 1.82) is 0 Å². The lowest BCUT2D eigenvalue weighted by atomic mass is 10.1. The predicted octanol–water partition coefficient (Wildman–Crippen LogP) is 3.71. The van der Waals surface area contributed by atoms with Crippen molar-refractivity contribution >= 4 is 27.5 Å². The van der Waals surface area contributed by atoms with Crippen LogP contribution in [0.5, 0.6) is 5.75 Å². The van der Waals surface area contributed by atoms with Crippen molar-refractivity contribution in [1.82, 2.24) is 10.2 Å². The Morgan fingerprint density at radius 3 is 2.12 bits per heavy atom. The van der Waals surface area contributed by atoms with Gasteiger partial charge in [0.05, 0.1) is 4.90 Å². The third-order valence-electron chi connectivity index (χ3n) is 5.85. The fraction of sp³-hybridized carbons (Fsp3) is 0.286. The first-order chi connectivity index (χ1) is 19.1. The number of nitrogens with zero attached hydrogens (tertiary/aromatic N) is 1. The zero-order chi connectivity index (χ0) is 29.1. The first kappa shape index (κ1) is 30.5. The van der Waals surface area contributed by atoms with Crippen LogP contribution in [0, 0.1) is 11.6 Å². The molecule has 214 valence electrons. The maximum atomic E-state index is 13.4. The Labute approximate surface area is 232 Å². The summed E-state index contributed by atoms with van der Waals surface area (Å²) in [5, 5.41) is 2.77. The summed E-state index contributed by atoms with van der Waals surface area (Å²) in [7, 11) is -2.38. The Balaban J connectivity index is 1.66. The average Bonchev–Trinajstić information content (AvgIpc) is 2.94. The molecule has 0 aliphatic rings. The van der Waals surface area contributed by atoms with Gasteiger partial charge in [-0.3, -0.25) is 14.3 Å². The lowest BCUT2D eigenvalue weighted by molar-refractivity contribution is -0.142. The van der Waals surface area contributed by atoms with E-state index in [-0.39, 0.29) is 28.8 Å². The molecule has 3 aromatic rings. The second-order valence-electron chi connectivity index (χ2n) is 8.83. The fourth-order valence-electron chi connectivity index (χ4n) is 3.62. The molecule has 0 spiro atoms. The minimum absolute atomic E-state index is 0.0430. The summed E-state index contributed by atoms with van der Waals surface area (Å²) in [6, 6.07) is 15.0. The number of halogens is 2. The first-order valence-corrected chi connectivity index (χ1v) is 13.9. The summed E-state index contributed by atoms with van der Waals surface area (Å²) in [6.45, 7) is 2.05. The minimum Gasteiger partial charge on any atom is -0.484 e. The van der Waals surface area contributed by atoms with Gasteiger partial charge in [-0.15, -0.1) is 0 Å². The summed E-state index contributed by atoms with van der Waals surface area (Å²) in [5.74, 6) is -1.56. The van der Waals surface area contributed by atoms with Crippen molar-refractivity contribution in [2.24, 2.45) is 0 Å². The molecule has 9 nitrogen and oxygen atoms in total. The van der Waals surface area contributed by atoms with Crippen LogP contribution < -0.4 is 14.8 Å².